The molecule has 0 amide bonds. The van der Waals surface area contributed by atoms with Gasteiger partial charge in [0.2, 0.25) is 0 Å². The zero-order valence-electron chi connectivity index (χ0n) is 26.3. The number of hydrogen-bond donors (Lipinski definition) is 0. The molecule has 0 spiro atoms. The van der Waals surface area contributed by atoms with Crippen molar-refractivity contribution < 1.29 is 0 Å². The lowest BCUT2D eigenvalue weighted by molar-refractivity contribution is 1.32. The highest BCUT2D eigenvalue weighted by molar-refractivity contribution is 6.25. The van der Waals surface area contributed by atoms with Crippen molar-refractivity contribution in [1.29, 1.82) is 0 Å². The van der Waals surface area contributed by atoms with Gasteiger partial charge in [0, 0.05) is 11.1 Å². The summed E-state index contributed by atoms with van der Waals surface area (Å²) in [6, 6.07) is 67.5. The third-order valence-electron chi connectivity index (χ3n) is 9.48. The molecule has 0 unspecified atom stereocenters. The van der Waals surface area contributed by atoms with Crippen LogP contribution >= 0.6 is 0 Å². The molecule has 0 bridgehead atoms. The Morgan fingerprint density at radius 1 is 0.229 bits per heavy atom. The van der Waals surface area contributed by atoms with Gasteiger partial charge in [0.1, 0.15) is 0 Å². The molecule has 1 heteroatoms. The van der Waals surface area contributed by atoms with Crippen LogP contribution in [0.15, 0.2) is 188 Å². The Labute approximate surface area is 280 Å². The van der Waals surface area contributed by atoms with Crippen LogP contribution in [-0.4, -0.2) is 4.98 Å². The number of pyridine rings is 1. The summed E-state index contributed by atoms with van der Waals surface area (Å²) in [5.41, 5.74) is 11.3. The molecule has 0 aliphatic rings. The van der Waals surface area contributed by atoms with Crippen molar-refractivity contribution in [3.63, 3.8) is 0 Å². The first kappa shape index (κ1) is 28.0. The number of benzene rings is 8. The van der Waals surface area contributed by atoms with E-state index in [1.54, 1.807) is 0 Å². The van der Waals surface area contributed by atoms with E-state index in [1.165, 1.54) is 60.1 Å². The second-order valence-electron chi connectivity index (χ2n) is 12.3. The molecule has 0 saturated heterocycles. The first-order valence-electron chi connectivity index (χ1n) is 16.5. The van der Waals surface area contributed by atoms with E-state index in [1.807, 2.05) is 12.1 Å². The maximum Gasteiger partial charge on any atom is 0.0715 e. The topological polar surface area (TPSA) is 12.9 Å². The second kappa shape index (κ2) is 11.8. The van der Waals surface area contributed by atoms with Gasteiger partial charge in [-0.25, -0.2) is 4.98 Å². The normalized spacial score (nSPS) is 11.3. The number of rotatable bonds is 5. The molecule has 1 nitrogen and oxygen atoms in total. The van der Waals surface area contributed by atoms with Gasteiger partial charge in [-0.2, -0.15) is 0 Å². The van der Waals surface area contributed by atoms with E-state index < -0.39 is 0 Å². The van der Waals surface area contributed by atoms with E-state index in [-0.39, 0.29) is 0 Å². The molecule has 1 aromatic heterocycles. The predicted molar refractivity (Wildman–Crippen MR) is 204 cm³/mol. The van der Waals surface area contributed by atoms with Gasteiger partial charge in [-0.1, -0.05) is 170 Å². The van der Waals surface area contributed by atoms with Gasteiger partial charge in [0.15, 0.2) is 0 Å². The summed E-state index contributed by atoms with van der Waals surface area (Å²) >= 11 is 0. The summed E-state index contributed by atoms with van der Waals surface area (Å²) in [6.07, 6.45) is 0. The van der Waals surface area contributed by atoms with Crippen molar-refractivity contribution in [2.45, 2.75) is 0 Å². The van der Waals surface area contributed by atoms with E-state index in [9.17, 15) is 0 Å². The third kappa shape index (κ3) is 4.94. The molecule has 48 heavy (non-hydrogen) atoms. The summed E-state index contributed by atoms with van der Waals surface area (Å²) in [5, 5.41) is 7.77. The van der Waals surface area contributed by atoms with Crippen LogP contribution in [0, 0.1) is 0 Å². The first-order valence-corrected chi connectivity index (χ1v) is 16.5. The minimum Gasteiger partial charge on any atom is -0.248 e. The van der Waals surface area contributed by atoms with E-state index in [0.29, 0.717) is 0 Å². The minimum atomic E-state index is 0.966. The van der Waals surface area contributed by atoms with E-state index >= 15 is 0 Å². The molecule has 0 N–H and O–H groups in total. The minimum absolute atomic E-state index is 0.966. The van der Waals surface area contributed by atoms with Crippen molar-refractivity contribution in [3.05, 3.63) is 188 Å². The number of aromatic nitrogens is 1. The van der Waals surface area contributed by atoms with Gasteiger partial charge in [-0.05, 0) is 83.9 Å². The smallest absolute Gasteiger partial charge is 0.0715 e. The Hall–Kier alpha value is -6.31. The lowest BCUT2D eigenvalue weighted by atomic mass is 9.90. The van der Waals surface area contributed by atoms with Crippen LogP contribution < -0.4 is 0 Å². The van der Waals surface area contributed by atoms with Crippen molar-refractivity contribution in [2.24, 2.45) is 0 Å². The van der Waals surface area contributed by atoms with Crippen LogP contribution in [0.5, 0.6) is 0 Å². The molecule has 9 rings (SSSR count). The summed E-state index contributed by atoms with van der Waals surface area (Å²) in [4.78, 5) is 5.10. The monoisotopic (exact) mass is 609 g/mol. The Bertz CT molecular complexity index is 2490. The number of fused-ring (bicyclic) bond motifs is 6. The van der Waals surface area contributed by atoms with E-state index in [2.05, 4.69) is 176 Å². The molecular weight excluding hydrogens is 579 g/mol. The molecule has 0 saturated carbocycles. The van der Waals surface area contributed by atoms with Crippen molar-refractivity contribution in [2.75, 3.05) is 0 Å². The third-order valence-corrected chi connectivity index (χ3v) is 9.48. The Morgan fingerprint density at radius 3 is 1.17 bits per heavy atom. The van der Waals surface area contributed by atoms with Gasteiger partial charge in [0.05, 0.1) is 11.4 Å². The molecule has 1 heterocycles. The SMILES string of the molecule is c1ccc(-c2cc(-c3ccccc3-c3ccc(-c4ccc5c6ccccc6c6ccccc6c5c4)cc3)cc(-c3ccccc3)n2)cc1. The molecule has 9 aromatic rings. The standard InChI is InChI=1S/C47H31N/c1-3-13-34(14-4-1)46-30-37(31-47(48-46)35-15-5-2-6-16-35)39-18-8-7-17-38(39)33-25-23-32(24-26-33)36-27-28-44-42-21-10-9-19-40(42)41-20-11-12-22-43(41)45(44)29-36/h1-31H. The average molecular weight is 610 g/mol. The van der Waals surface area contributed by atoms with E-state index in [0.717, 1.165) is 28.1 Å². The van der Waals surface area contributed by atoms with Gasteiger partial charge in [-0.15, -0.1) is 0 Å². The van der Waals surface area contributed by atoms with Crippen LogP contribution in [0.4, 0.5) is 0 Å². The van der Waals surface area contributed by atoms with Gasteiger partial charge >= 0.3 is 0 Å². The molecule has 0 aliphatic heterocycles. The Balaban J connectivity index is 1.14. The Kier molecular flexibility index (Phi) is 6.87. The average Bonchev–Trinajstić information content (AvgIpc) is 3.18. The van der Waals surface area contributed by atoms with E-state index in [4.69, 9.17) is 4.98 Å². The zero-order valence-corrected chi connectivity index (χ0v) is 26.3. The highest BCUT2D eigenvalue weighted by Gasteiger charge is 2.14. The maximum absolute atomic E-state index is 5.10. The van der Waals surface area contributed by atoms with Crippen LogP contribution in [0.2, 0.25) is 0 Å². The molecule has 0 atom stereocenters. The second-order valence-corrected chi connectivity index (χ2v) is 12.3. The molecule has 8 aromatic carbocycles. The molecule has 0 fully saturated rings. The number of nitrogens with zero attached hydrogens (tertiary/aromatic N) is 1. The van der Waals surface area contributed by atoms with Crippen LogP contribution in [0.1, 0.15) is 0 Å². The predicted octanol–water partition coefficient (Wildman–Crippen LogP) is 12.9. The fourth-order valence-corrected chi connectivity index (χ4v) is 7.12. The quantitative estimate of drug-likeness (QED) is 0.177. The highest BCUT2D eigenvalue weighted by Crippen LogP contribution is 2.39. The van der Waals surface area contributed by atoms with Crippen molar-refractivity contribution in [3.8, 4) is 55.9 Å². The largest absolute Gasteiger partial charge is 0.248 e. The number of hydrogen-bond acceptors (Lipinski definition) is 1. The van der Waals surface area contributed by atoms with Gasteiger partial charge < -0.3 is 0 Å². The molecule has 0 radical (unpaired) electrons. The van der Waals surface area contributed by atoms with Crippen LogP contribution in [0.25, 0.3) is 88.2 Å². The molecular formula is C47H31N. The maximum atomic E-state index is 5.10. The lowest BCUT2D eigenvalue weighted by Gasteiger charge is -2.15. The molecule has 224 valence electrons. The lowest BCUT2D eigenvalue weighted by Crippen LogP contribution is -1.92. The summed E-state index contributed by atoms with van der Waals surface area (Å²) in [6.45, 7) is 0. The van der Waals surface area contributed by atoms with Gasteiger partial charge in [0.25, 0.3) is 0 Å². The summed E-state index contributed by atoms with van der Waals surface area (Å²) in [7, 11) is 0. The Morgan fingerprint density at radius 2 is 0.625 bits per heavy atom. The van der Waals surface area contributed by atoms with Gasteiger partial charge in [-0.3, -0.25) is 0 Å². The summed E-state index contributed by atoms with van der Waals surface area (Å²) < 4.78 is 0. The highest BCUT2D eigenvalue weighted by atomic mass is 14.7. The van der Waals surface area contributed by atoms with Crippen molar-refractivity contribution >= 4 is 32.3 Å². The zero-order chi connectivity index (χ0) is 31.9. The van der Waals surface area contributed by atoms with Crippen molar-refractivity contribution in [1.82, 2.24) is 4.98 Å². The van der Waals surface area contributed by atoms with Crippen LogP contribution in [0.3, 0.4) is 0 Å². The summed E-state index contributed by atoms with van der Waals surface area (Å²) in [5.74, 6) is 0. The fraction of sp³-hybridized carbons (Fsp3) is 0. The van der Waals surface area contributed by atoms with Crippen LogP contribution in [-0.2, 0) is 0 Å². The fourth-order valence-electron chi connectivity index (χ4n) is 7.12. The molecule has 0 aliphatic carbocycles. The first-order chi connectivity index (χ1) is 23.8.